The van der Waals surface area contributed by atoms with Gasteiger partial charge in [-0.05, 0) is 62.6 Å². The maximum Gasteiger partial charge on any atom is 0.242 e. The van der Waals surface area contributed by atoms with Gasteiger partial charge in [0.05, 0.1) is 19.1 Å². The highest BCUT2D eigenvalue weighted by Gasteiger charge is 2.26. The molecule has 0 bridgehead atoms. The van der Waals surface area contributed by atoms with E-state index in [1.54, 1.807) is 51.3 Å². The van der Waals surface area contributed by atoms with Crippen molar-refractivity contribution in [3.05, 3.63) is 58.6 Å². The van der Waals surface area contributed by atoms with Gasteiger partial charge in [0, 0.05) is 31.1 Å². The molecule has 0 fully saturated rings. The summed E-state index contributed by atoms with van der Waals surface area (Å²) in [5.74, 6) is 0.207. The maximum atomic E-state index is 13.2. The van der Waals surface area contributed by atoms with Crippen LogP contribution >= 0.6 is 11.6 Å². The van der Waals surface area contributed by atoms with Crippen LogP contribution < -0.4 is 14.4 Å². The van der Waals surface area contributed by atoms with Gasteiger partial charge in [-0.2, -0.15) is 0 Å². The molecule has 0 spiro atoms. The molecule has 0 radical (unpaired) electrons. The summed E-state index contributed by atoms with van der Waals surface area (Å²) in [4.78, 5) is 27.3. The van der Waals surface area contributed by atoms with E-state index >= 15 is 0 Å². The SMILES string of the molecule is CCNC(=O)[C@H](C)N(Cc1ccc(OC)cc1)C(=O)CCCN(c1cc(Cl)ccc1C)S(C)(=O)=O. The van der Waals surface area contributed by atoms with Crippen molar-refractivity contribution in [1.29, 1.82) is 0 Å². The number of nitrogens with one attached hydrogen (secondary N) is 1. The van der Waals surface area contributed by atoms with Crippen LogP contribution in [-0.4, -0.2) is 57.6 Å². The molecule has 0 unspecified atom stereocenters. The number of rotatable bonds is 12. The zero-order valence-corrected chi connectivity index (χ0v) is 22.4. The van der Waals surface area contributed by atoms with E-state index in [9.17, 15) is 18.0 Å². The van der Waals surface area contributed by atoms with Gasteiger partial charge in [0.15, 0.2) is 0 Å². The quantitative estimate of drug-likeness (QED) is 0.457. The molecule has 192 valence electrons. The maximum absolute atomic E-state index is 13.2. The van der Waals surface area contributed by atoms with E-state index in [1.165, 1.54) is 9.21 Å². The number of benzene rings is 2. The van der Waals surface area contributed by atoms with Crippen molar-refractivity contribution in [1.82, 2.24) is 10.2 Å². The van der Waals surface area contributed by atoms with Crippen molar-refractivity contribution in [3.63, 3.8) is 0 Å². The van der Waals surface area contributed by atoms with Crippen molar-refractivity contribution >= 4 is 39.1 Å². The fourth-order valence-corrected chi connectivity index (χ4v) is 4.85. The molecule has 0 aliphatic heterocycles. The third-order valence-electron chi connectivity index (χ3n) is 5.62. The number of amides is 2. The Kier molecular flexibility index (Phi) is 10.4. The molecule has 1 N–H and O–H groups in total. The van der Waals surface area contributed by atoms with Gasteiger partial charge in [0.1, 0.15) is 11.8 Å². The number of likely N-dealkylation sites (N-methyl/N-ethyl adjacent to an activating group) is 1. The number of sulfonamides is 1. The highest BCUT2D eigenvalue weighted by molar-refractivity contribution is 7.92. The minimum absolute atomic E-state index is 0.0749. The van der Waals surface area contributed by atoms with Gasteiger partial charge in [-0.15, -0.1) is 0 Å². The van der Waals surface area contributed by atoms with Gasteiger partial charge in [0.2, 0.25) is 21.8 Å². The Labute approximate surface area is 213 Å². The van der Waals surface area contributed by atoms with Crippen molar-refractivity contribution in [2.45, 2.75) is 46.2 Å². The van der Waals surface area contributed by atoms with E-state index < -0.39 is 16.1 Å². The summed E-state index contributed by atoms with van der Waals surface area (Å²) in [5, 5.41) is 3.19. The van der Waals surface area contributed by atoms with Gasteiger partial charge in [-0.3, -0.25) is 13.9 Å². The third-order valence-corrected chi connectivity index (χ3v) is 7.04. The number of anilines is 1. The van der Waals surface area contributed by atoms with Crippen LogP contribution in [0.4, 0.5) is 5.69 Å². The average Bonchev–Trinajstić information content (AvgIpc) is 2.81. The first-order chi connectivity index (χ1) is 16.5. The number of ether oxygens (including phenoxy) is 1. The number of halogens is 1. The fraction of sp³-hybridized carbons (Fsp3) is 0.440. The molecule has 0 aliphatic carbocycles. The predicted molar refractivity (Wildman–Crippen MR) is 139 cm³/mol. The van der Waals surface area contributed by atoms with Crippen LogP contribution in [0.25, 0.3) is 0 Å². The lowest BCUT2D eigenvalue weighted by molar-refractivity contribution is -0.140. The zero-order valence-electron chi connectivity index (χ0n) is 20.9. The number of aryl methyl sites for hydroxylation is 1. The highest BCUT2D eigenvalue weighted by atomic mass is 35.5. The second-order valence-electron chi connectivity index (χ2n) is 8.31. The number of carbonyl (C=O) groups is 2. The highest BCUT2D eigenvalue weighted by Crippen LogP contribution is 2.27. The van der Waals surface area contributed by atoms with Crippen LogP contribution in [0.5, 0.6) is 5.75 Å². The third kappa shape index (κ3) is 8.14. The molecule has 2 aromatic rings. The zero-order chi connectivity index (χ0) is 26.2. The van der Waals surface area contributed by atoms with Crippen molar-refractivity contribution in [2.75, 3.05) is 30.8 Å². The van der Waals surface area contributed by atoms with Gasteiger partial charge < -0.3 is 15.0 Å². The molecule has 2 rings (SSSR count). The second-order valence-corrected chi connectivity index (χ2v) is 10.7. The fourth-order valence-electron chi connectivity index (χ4n) is 3.67. The number of hydrogen-bond acceptors (Lipinski definition) is 5. The number of nitrogens with zero attached hydrogens (tertiary/aromatic N) is 2. The Hall–Kier alpha value is -2.78. The Morgan fingerprint density at radius 3 is 2.37 bits per heavy atom. The smallest absolute Gasteiger partial charge is 0.242 e. The molecular weight excluding hydrogens is 490 g/mol. The minimum atomic E-state index is -3.59. The molecule has 0 heterocycles. The minimum Gasteiger partial charge on any atom is -0.497 e. The van der Waals surface area contributed by atoms with Crippen LogP contribution in [0, 0.1) is 6.92 Å². The molecule has 1 atom stereocenters. The number of carbonyl (C=O) groups excluding carboxylic acids is 2. The lowest BCUT2D eigenvalue weighted by atomic mass is 10.1. The Balaban J connectivity index is 2.19. The monoisotopic (exact) mass is 523 g/mol. The van der Waals surface area contributed by atoms with E-state index in [-0.39, 0.29) is 37.7 Å². The van der Waals surface area contributed by atoms with Crippen molar-refractivity contribution in [3.8, 4) is 5.75 Å². The topological polar surface area (TPSA) is 96.0 Å². The summed E-state index contributed by atoms with van der Waals surface area (Å²) in [7, 11) is -2.02. The summed E-state index contributed by atoms with van der Waals surface area (Å²) < 4.78 is 31.4. The summed E-state index contributed by atoms with van der Waals surface area (Å²) in [5.41, 5.74) is 2.10. The number of hydrogen-bond donors (Lipinski definition) is 1. The molecular formula is C25H34ClN3O5S. The van der Waals surface area contributed by atoms with Crippen LogP contribution in [0.1, 0.15) is 37.8 Å². The average molecular weight is 524 g/mol. The molecule has 2 amide bonds. The summed E-state index contributed by atoms with van der Waals surface area (Å²) >= 11 is 6.10. The molecule has 10 heteroatoms. The van der Waals surface area contributed by atoms with E-state index in [0.29, 0.717) is 23.0 Å². The first-order valence-electron chi connectivity index (χ1n) is 11.4. The van der Waals surface area contributed by atoms with Crippen molar-refractivity contribution in [2.24, 2.45) is 0 Å². The lowest BCUT2D eigenvalue weighted by Gasteiger charge is -2.29. The Morgan fingerprint density at radius 2 is 1.80 bits per heavy atom. The summed E-state index contributed by atoms with van der Waals surface area (Å²) in [6, 6.07) is 11.7. The molecule has 0 saturated heterocycles. The van der Waals surface area contributed by atoms with Gasteiger partial charge in [-0.25, -0.2) is 8.42 Å². The molecule has 0 aliphatic rings. The van der Waals surface area contributed by atoms with E-state index in [2.05, 4.69) is 5.32 Å². The Morgan fingerprint density at radius 1 is 1.14 bits per heavy atom. The van der Waals surface area contributed by atoms with Gasteiger partial charge in [0.25, 0.3) is 0 Å². The first-order valence-corrected chi connectivity index (χ1v) is 13.6. The molecule has 35 heavy (non-hydrogen) atoms. The largest absolute Gasteiger partial charge is 0.497 e. The molecule has 2 aromatic carbocycles. The van der Waals surface area contributed by atoms with E-state index in [1.807, 2.05) is 19.1 Å². The Bertz CT molecular complexity index is 1120. The normalized spacial score (nSPS) is 12.1. The number of methoxy groups -OCH3 is 1. The molecule has 8 nitrogen and oxygen atoms in total. The predicted octanol–water partition coefficient (Wildman–Crippen LogP) is 3.76. The molecule has 0 aromatic heterocycles. The molecule has 0 saturated carbocycles. The van der Waals surface area contributed by atoms with Crippen LogP contribution in [-0.2, 0) is 26.2 Å². The van der Waals surface area contributed by atoms with E-state index in [4.69, 9.17) is 16.3 Å². The summed E-state index contributed by atoms with van der Waals surface area (Å²) in [6.07, 6.45) is 1.48. The van der Waals surface area contributed by atoms with Gasteiger partial charge >= 0.3 is 0 Å². The lowest BCUT2D eigenvalue weighted by Crippen LogP contribution is -2.47. The standard InChI is InChI=1S/C25H34ClN3O5S/c1-6-27-25(31)19(3)28(17-20-10-13-22(34-4)14-11-20)24(30)8-7-15-29(35(5,32)33)23-16-21(26)12-9-18(23)2/h9-14,16,19H,6-8,15,17H2,1-5H3,(H,27,31)/t19-/m0/s1. The van der Waals surface area contributed by atoms with Crippen molar-refractivity contribution < 1.29 is 22.7 Å². The van der Waals surface area contributed by atoms with Crippen LogP contribution in [0.2, 0.25) is 5.02 Å². The van der Waals surface area contributed by atoms with Gasteiger partial charge in [-0.1, -0.05) is 29.8 Å². The van der Waals surface area contributed by atoms with Crippen LogP contribution in [0.3, 0.4) is 0 Å². The second kappa shape index (κ2) is 12.8. The summed E-state index contributed by atoms with van der Waals surface area (Å²) in [6.45, 7) is 6.11. The van der Waals surface area contributed by atoms with Crippen LogP contribution in [0.15, 0.2) is 42.5 Å². The van der Waals surface area contributed by atoms with E-state index in [0.717, 1.165) is 17.4 Å². The first kappa shape index (κ1) is 28.5.